The Balaban J connectivity index is 1.25. The van der Waals surface area contributed by atoms with Gasteiger partial charge < -0.3 is 10.6 Å². The van der Waals surface area contributed by atoms with Gasteiger partial charge in [0.1, 0.15) is 6.04 Å². The summed E-state index contributed by atoms with van der Waals surface area (Å²) in [7, 11) is 0. The highest BCUT2D eigenvalue weighted by Crippen LogP contribution is 2.55. The van der Waals surface area contributed by atoms with Gasteiger partial charge in [0.05, 0.1) is 0 Å². The van der Waals surface area contributed by atoms with Gasteiger partial charge in [0.25, 0.3) is 5.91 Å². The van der Waals surface area contributed by atoms with Crippen LogP contribution in [0.3, 0.4) is 0 Å². The lowest BCUT2D eigenvalue weighted by Crippen LogP contribution is -2.87. The van der Waals surface area contributed by atoms with Crippen LogP contribution in [-0.2, 0) is 4.79 Å². The Morgan fingerprint density at radius 2 is 1.81 bits per heavy atom. The van der Waals surface area contributed by atoms with Crippen molar-refractivity contribution in [2.24, 2.45) is 17.8 Å². The second-order valence-electron chi connectivity index (χ2n) is 8.98. The van der Waals surface area contributed by atoms with Crippen LogP contribution in [0.5, 0.6) is 0 Å². The maximum Gasteiger partial charge on any atom is 0.322 e. The maximum atomic E-state index is 12.4. The van der Waals surface area contributed by atoms with Crippen molar-refractivity contribution in [3.05, 3.63) is 34.9 Å². The first-order chi connectivity index (χ1) is 12.9. The lowest BCUT2D eigenvalue weighted by atomic mass is 9.53. The molecule has 5 rings (SSSR count). The number of carbonyl (C=O) groups is 2. The molecule has 4 N–H and O–H groups in total. The number of urea groups is 1. The van der Waals surface area contributed by atoms with Gasteiger partial charge in [0.2, 0.25) is 0 Å². The predicted octanol–water partition coefficient (Wildman–Crippen LogP) is 2.76. The van der Waals surface area contributed by atoms with E-state index in [1.807, 2.05) is 36.5 Å². The normalized spacial score (nSPS) is 32.1. The molecule has 4 saturated carbocycles. The zero-order valence-electron chi connectivity index (χ0n) is 15.8. The fourth-order valence-electron chi connectivity index (χ4n) is 5.92. The van der Waals surface area contributed by atoms with E-state index in [0.717, 1.165) is 42.6 Å². The summed E-state index contributed by atoms with van der Waals surface area (Å²) in [4.78, 5) is 24.6. The topological polar surface area (TPSA) is 74.8 Å². The van der Waals surface area contributed by atoms with E-state index < -0.39 is 0 Å². The van der Waals surface area contributed by atoms with E-state index in [1.165, 1.54) is 19.3 Å². The number of amides is 3. The molecule has 0 spiro atoms. The quantitative estimate of drug-likeness (QED) is 0.723. The summed E-state index contributed by atoms with van der Waals surface area (Å²) in [5.41, 5.74) is 0.991. The fourth-order valence-corrected chi connectivity index (χ4v) is 6.12. The average molecular weight is 391 g/mol. The van der Waals surface area contributed by atoms with Crippen molar-refractivity contribution >= 4 is 23.5 Å². The molecule has 1 aromatic rings. The Labute approximate surface area is 165 Å². The number of halogens is 1. The Kier molecular flexibility index (Phi) is 5.17. The standard InChI is InChI=1S/C21H28ClN3O2/c1-13(17-3-2-4-18(22)8-17)23-12-19(26)24-20(27)25-21-9-14-5-15(10-21)7-16(6-14)11-21/h2-4,8,13-16,23H,5-7,9-12H2,1H3,(H2,24,25,26,27)/p+1/t13-,14?,15?,16?,21?/m0/s1. The van der Waals surface area contributed by atoms with Crippen LogP contribution >= 0.6 is 11.6 Å². The van der Waals surface area contributed by atoms with Crippen molar-refractivity contribution in [2.75, 3.05) is 6.54 Å². The first-order valence-electron chi connectivity index (χ1n) is 10.1. The molecule has 3 amide bonds. The van der Waals surface area contributed by atoms with E-state index in [4.69, 9.17) is 11.6 Å². The molecule has 0 aromatic heterocycles. The van der Waals surface area contributed by atoms with Crippen LogP contribution in [0, 0.1) is 17.8 Å². The third kappa shape index (κ3) is 4.30. The molecule has 1 aromatic carbocycles. The second kappa shape index (κ2) is 7.44. The zero-order chi connectivity index (χ0) is 19.0. The van der Waals surface area contributed by atoms with Crippen molar-refractivity contribution in [2.45, 2.75) is 57.0 Å². The largest absolute Gasteiger partial charge is 0.333 e. The second-order valence-corrected chi connectivity index (χ2v) is 9.42. The van der Waals surface area contributed by atoms with Gasteiger partial charge in [-0.2, -0.15) is 0 Å². The third-order valence-electron chi connectivity index (χ3n) is 6.70. The summed E-state index contributed by atoms with van der Waals surface area (Å²) in [6.07, 6.45) is 7.24. The number of carbonyl (C=O) groups excluding carboxylic acids is 2. The first kappa shape index (κ1) is 18.8. The molecular formula is C21H29ClN3O2+. The summed E-state index contributed by atoms with van der Waals surface area (Å²) < 4.78 is 0. The molecule has 4 aliphatic rings. The van der Waals surface area contributed by atoms with E-state index in [1.54, 1.807) is 0 Å². The van der Waals surface area contributed by atoms with Gasteiger partial charge in [-0.05, 0) is 75.3 Å². The van der Waals surface area contributed by atoms with Crippen molar-refractivity contribution in [3.8, 4) is 0 Å². The number of hydrogen-bond donors (Lipinski definition) is 3. The number of nitrogens with two attached hydrogens (primary N) is 1. The highest BCUT2D eigenvalue weighted by Gasteiger charge is 2.51. The van der Waals surface area contributed by atoms with Crippen LogP contribution in [0.1, 0.15) is 57.1 Å². The summed E-state index contributed by atoms with van der Waals surface area (Å²) in [5.74, 6) is 2.03. The monoisotopic (exact) mass is 390 g/mol. The van der Waals surface area contributed by atoms with Crippen LogP contribution in [0.2, 0.25) is 5.02 Å². The van der Waals surface area contributed by atoms with Gasteiger partial charge in [-0.25, -0.2) is 4.79 Å². The molecule has 4 fully saturated rings. The van der Waals surface area contributed by atoms with Crippen LogP contribution in [-0.4, -0.2) is 24.0 Å². The van der Waals surface area contributed by atoms with E-state index in [2.05, 4.69) is 10.6 Å². The van der Waals surface area contributed by atoms with E-state index in [-0.39, 0.29) is 30.1 Å². The summed E-state index contributed by atoms with van der Waals surface area (Å²) >= 11 is 6.02. The molecule has 0 unspecified atom stereocenters. The molecule has 6 heteroatoms. The Hall–Kier alpha value is -1.59. The van der Waals surface area contributed by atoms with Gasteiger partial charge in [-0.1, -0.05) is 23.7 Å². The highest BCUT2D eigenvalue weighted by molar-refractivity contribution is 6.30. The van der Waals surface area contributed by atoms with Crippen LogP contribution < -0.4 is 16.0 Å². The SMILES string of the molecule is C[C@H]([NH2+]CC(=O)NC(=O)NC12CC3CC(CC(C3)C1)C2)c1cccc(Cl)c1. The molecular weight excluding hydrogens is 362 g/mol. The Bertz CT molecular complexity index is 701. The van der Waals surface area contributed by atoms with Gasteiger partial charge in [-0.15, -0.1) is 0 Å². The number of quaternary nitrogens is 1. The van der Waals surface area contributed by atoms with E-state index >= 15 is 0 Å². The van der Waals surface area contributed by atoms with E-state index in [0.29, 0.717) is 5.02 Å². The summed E-state index contributed by atoms with van der Waals surface area (Å²) in [6.45, 7) is 2.23. The van der Waals surface area contributed by atoms with E-state index in [9.17, 15) is 9.59 Å². The number of benzene rings is 1. The zero-order valence-corrected chi connectivity index (χ0v) is 16.6. The number of rotatable bonds is 5. The average Bonchev–Trinajstić information content (AvgIpc) is 2.57. The van der Waals surface area contributed by atoms with Crippen molar-refractivity contribution in [3.63, 3.8) is 0 Å². The highest BCUT2D eigenvalue weighted by atomic mass is 35.5. The minimum Gasteiger partial charge on any atom is -0.333 e. The number of hydrogen-bond acceptors (Lipinski definition) is 2. The Morgan fingerprint density at radius 3 is 2.41 bits per heavy atom. The molecule has 1 atom stereocenters. The van der Waals surface area contributed by atoms with Crippen molar-refractivity contribution in [1.82, 2.24) is 10.6 Å². The Morgan fingerprint density at radius 1 is 1.19 bits per heavy atom. The molecule has 0 heterocycles. The first-order valence-corrected chi connectivity index (χ1v) is 10.5. The van der Waals surface area contributed by atoms with Gasteiger partial charge >= 0.3 is 6.03 Å². The molecule has 0 saturated heterocycles. The smallest absolute Gasteiger partial charge is 0.322 e. The van der Waals surface area contributed by atoms with Gasteiger partial charge in [-0.3, -0.25) is 10.1 Å². The summed E-state index contributed by atoms with van der Waals surface area (Å²) in [6, 6.07) is 7.40. The van der Waals surface area contributed by atoms with Crippen molar-refractivity contribution in [1.29, 1.82) is 0 Å². The molecule has 5 nitrogen and oxygen atoms in total. The lowest BCUT2D eigenvalue weighted by Gasteiger charge is -2.56. The molecule has 4 aliphatic carbocycles. The molecule has 146 valence electrons. The van der Waals surface area contributed by atoms with Crippen LogP contribution in [0.25, 0.3) is 0 Å². The minimum absolute atomic E-state index is 0.0725. The lowest BCUT2D eigenvalue weighted by molar-refractivity contribution is -0.682. The predicted molar refractivity (Wildman–Crippen MR) is 104 cm³/mol. The van der Waals surface area contributed by atoms with Crippen LogP contribution in [0.4, 0.5) is 4.79 Å². The van der Waals surface area contributed by atoms with Gasteiger partial charge in [0.15, 0.2) is 6.54 Å². The third-order valence-corrected chi connectivity index (χ3v) is 6.94. The van der Waals surface area contributed by atoms with Crippen LogP contribution in [0.15, 0.2) is 24.3 Å². The minimum atomic E-state index is -0.328. The molecule has 4 bridgehead atoms. The number of imide groups is 1. The maximum absolute atomic E-state index is 12.4. The van der Waals surface area contributed by atoms with Crippen molar-refractivity contribution < 1.29 is 14.9 Å². The molecule has 27 heavy (non-hydrogen) atoms. The van der Waals surface area contributed by atoms with Gasteiger partial charge in [0, 0.05) is 16.1 Å². The molecule has 0 aliphatic heterocycles. The summed E-state index contributed by atoms with van der Waals surface area (Å²) in [5, 5.41) is 8.31. The fraction of sp³-hybridized carbons (Fsp3) is 0.619. The molecule has 0 radical (unpaired) electrons. The number of nitrogens with one attached hydrogen (secondary N) is 2.